The molecular weight excluding hydrogens is 337 g/mol. The highest BCUT2D eigenvalue weighted by Gasteiger charge is 2.43. The van der Waals surface area contributed by atoms with Gasteiger partial charge in [0.25, 0.3) is 5.91 Å². The molecule has 1 aromatic heterocycles. The van der Waals surface area contributed by atoms with Gasteiger partial charge < -0.3 is 15.0 Å². The van der Waals surface area contributed by atoms with E-state index in [1.165, 1.54) is 0 Å². The SMILES string of the molecule is CN1CC2CC1CC2NC(=O)c1n[nH]c2c#cc(OC(F)(F)F)cc12. The third-order valence-electron chi connectivity index (χ3n) is 4.96. The van der Waals surface area contributed by atoms with E-state index in [2.05, 4.69) is 44.3 Å². The average molecular weight is 352 g/mol. The van der Waals surface area contributed by atoms with Crippen molar-refractivity contribution in [3.8, 4) is 5.75 Å². The minimum absolute atomic E-state index is 0.0309. The number of likely N-dealkylation sites (tertiary alicyclic amines) is 1. The van der Waals surface area contributed by atoms with Crippen LogP contribution in [0.25, 0.3) is 10.9 Å². The van der Waals surface area contributed by atoms with E-state index in [4.69, 9.17) is 0 Å². The lowest BCUT2D eigenvalue weighted by Crippen LogP contribution is -2.44. The number of hydrogen-bond acceptors (Lipinski definition) is 4. The fourth-order valence-corrected chi connectivity index (χ4v) is 3.82. The molecule has 2 bridgehead atoms. The van der Waals surface area contributed by atoms with Gasteiger partial charge in [-0.3, -0.25) is 9.89 Å². The van der Waals surface area contributed by atoms with Gasteiger partial charge in [-0.15, -0.1) is 13.2 Å². The van der Waals surface area contributed by atoms with Gasteiger partial charge in [-0.25, -0.2) is 0 Å². The Morgan fingerprint density at radius 1 is 1.44 bits per heavy atom. The minimum Gasteiger partial charge on any atom is -0.397 e. The van der Waals surface area contributed by atoms with Gasteiger partial charge in [-0.1, -0.05) is 0 Å². The maximum Gasteiger partial charge on any atom is 0.573 e. The van der Waals surface area contributed by atoms with Crippen LogP contribution in [0.4, 0.5) is 13.2 Å². The van der Waals surface area contributed by atoms with E-state index in [0.717, 1.165) is 25.5 Å². The van der Waals surface area contributed by atoms with Crippen LogP contribution in [-0.2, 0) is 0 Å². The highest BCUT2D eigenvalue weighted by Crippen LogP contribution is 2.36. The van der Waals surface area contributed by atoms with Crippen molar-refractivity contribution in [3.63, 3.8) is 0 Å². The summed E-state index contributed by atoms with van der Waals surface area (Å²) in [6, 6.07) is 6.36. The third-order valence-corrected chi connectivity index (χ3v) is 4.96. The predicted octanol–water partition coefficient (Wildman–Crippen LogP) is 1.88. The fraction of sp³-hybridized carbons (Fsp3) is 0.500. The number of ether oxygens (including phenoxy) is 1. The quantitative estimate of drug-likeness (QED) is 0.885. The molecule has 6 nitrogen and oxygen atoms in total. The Bertz CT molecular complexity index is 817. The number of rotatable bonds is 3. The third kappa shape index (κ3) is 2.98. The predicted molar refractivity (Wildman–Crippen MR) is 80.8 cm³/mol. The number of halogens is 3. The summed E-state index contributed by atoms with van der Waals surface area (Å²) in [5.74, 6) is -0.575. The maximum atomic E-state index is 12.5. The summed E-state index contributed by atoms with van der Waals surface area (Å²) in [6.07, 6.45) is -2.91. The highest BCUT2D eigenvalue weighted by atomic mass is 19.4. The molecule has 3 unspecified atom stereocenters. The average Bonchev–Trinajstić information content (AvgIpc) is 3.18. The van der Waals surface area contributed by atoms with E-state index in [1.807, 2.05) is 0 Å². The Labute approximate surface area is 141 Å². The molecule has 3 atom stereocenters. The molecule has 2 aliphatic rings. The van der Waals surface area contributed by atoms with Crippen LogP contribution in [0.15, 0.2) is 6.07 Å². The summed E-state index contributed by atoms with van der Waals surface area (Å²) in [6.45, 7) is 0.934. The second-order valence-electron chi connectivity index (χ2n) is 6.57. The van der Waals surface area contributed by atoms with Crippen LogP contribution in [0.2, 0.25) is 0 Å². The van der Waals surface area contributed by atoms with Gasteiger partial charge in [0.2, 0.25) is 0 Å². The lowest BCUT2D eigenvalue weighted by Gasteiger charge is -2.28. The zero-order valence-electron chi connectivity index (χ0n) is 13.3. The molecule has 2 N–H and O–H groups in total. The maximum absolute atomic E-state index is 12.5. The molecule has 1 aliphatic heterocycles. The number of carbonyl (C=O) groups excluding carboxylic acids is 1. The van der Waals surface area contributed by atoms with Gasteiger partial charge in [0, 0.05) is 30.1 Å². The standard InChI is InChI=1S/C16H15F3N4O2/c1-23-7-8-4-9(23)5-13(8)20-15(24)14-11-6-10(25-16(17,18)19)2-3-12(11)21-22-14/h6,8-9,13H,4-5,7H2,1H3,(H,20,24)(H,21,22). The summed E-state index contributed by atoms with van der Waals surface area (Å²) in [4.78, 5) is 14.8. The van der Waals surface area contributed by atoms with Crippen LogP contribution in [0.5, 0.6) is 5.75 Å². The number of alkyl halides is 3. The summed E-state index contributed by atoms with van der Waals surface area (Å²) >= 11 is 0. The van der Waals surface area contributed by atoms with Crippen LogP contribution in [-0.4, -0.2) is 53.0 Å². The molecule has 0 spiro atoms. The Balaban J connectivity index is 1.54. The molecule has 2 fully saturated rings. The molecule has 0 radical (unpaired) electrons. The molecule has 1 aliphatic carbocycles. The molecule has 1 aromatic carbocycles. The first-order valence-corrected chi connectivity index (χ1v) is 7.89. The van der Waals surface area contributed by atoms with Crippen molar-refractivity contribution < 1.29 is 22.7 Å². The van der Waals surface area contributed by atoms with Crippen molar-refractivity contribution in [1.29, 1.82) is 0 Å². The van der Waals surface area contributed by atoms with Crippen LogP contribution in [0, 0.1) is 18.1 Å². The number of nitrogens with zero attached hydrogens (tertiary/aromatic N) is 2. The van der Waals surface area contributed by atoms with E-state index in [-0.39, 0.29) is 17.1 Å². The van der Waals surface area contributed by atoms with E-state index in [0.29, 0.717) is 17.5 Å². The zero-order chi connectivity index (χ0) is 17.8. The van der Waals surface area contributed by atoms with Crippen molar-refractivity contribution in [2.24, 2.45) is 5.92 Å². The van der Waals surface area contributed by atoms with Gasteiger partial charge in [0.15, 0.2) is 11.4 Å². The largest absolute Gasteiger partial charge is 0.573 e. The summed E-state index contributed by atoms with van der Waals surface area (Å²) in [5, 5.41) is 9.67. The summed E-state index contributed by atoms with van der Waals surface area (Å²) < 4.78 is 40.9. The molecule has 1 saturated heterocycles. The lowest BCUT2D eigenvalue weighted by atomic mass is 10.0. The number of hydrogen-bond donors (Lipinski definition) is 2. The van der Waals surface area contributed by atoms with E-state index >= 15 is 0 Å². The molecule has 25 heavy (non-hydrogen) atoms. The monoisotopic (exact) mass is 352 g/mol. The van der Waals surface area contributed by atoms with Crippen molar-refractivity contribution in [1.82, 2.24) is 20.4 Å². The van der Waals surface area contributed by atoms with Crippen LogP contribution in [0.3, 0.4) is 0 Å². The van der Waals surface area contributed by atoms with Gasteiger partial charge in [0.1, 0.15) is 5.52 Å². The first-order chi connectivity index (χ1) is 11.8. The number of amides is 1. The molecular formula is C16H15F3N4O2. The first-order valence-electron chi connectivity index (χ1n) is 7.89. The minimum atomic E-state index is -4.83. The van der Waals surface area contributed by atoms with Crippen LogP contribution >= 0.6 is 0 Å². The second kappa shape index (κ2) is 5.52. The molecule has 1 saturated carbocycles. The Morgan fingerprint density at radius 2 is 2.24 bits per heavy atom. The topological polar surface area (TPSA) is 70.2 Å². The number of aromatic nitrogens is 2. The number of piperidine rings is 1. The van der Waals surface area contributed by atoms with Crippen molar-refractivity contribution in [2.75, 3.05) is 13.6 Å². The molecule has 2 aromatic rings. The molecule has 4 rings (SSSR count). The molecule has 1 amide bonds. The van der Waals surface area contributed by atoms with Gasteiger partial charge in [-0.05, 0) is 37.9 Å². The van der Waals surface area contributed by atoms with E-state index in [9.17, 15) is 18.0 Å². The fourth-order valence-electron chi connectivity index (χ4n) is 3.82. The number of fused-ring (bicyclic) bond motifs is 3. The Morgan fingerprint density at radius 3 is 2.88 bits per heavy atom. The molecule has 9 heteroatoms. The van der Waals surface area contributed by atoms with E-state index in [1.54, 1.807) is 0 Å². The number of carbonyl (C=O) groups is 1. The number of aromatic amines is 1. The molecule has 132 valence electrons. The Kier molecular flexibility index (Phi) is 3.54. The van der Waals surface area contributed by atoms with Crippen LogP contribution < -0.4 is 10.1 Å². The van der Waals surface area contributed by atoms with Crippen molar-refractivity contribution in [3.05, 3.63) is 23.9 Å². The number of nitrogens with one attached hydrogen (secondary N) is 2. The normalized spacial score (nSPS) is 26.0. The zero-order valence-corrected chi connectivity index (χ0v) is 13.3. The summed E-state index contributed by atoms with van der Waals surface area (Å²) in [7, 11) is 2.07. The summed E-state index contributed by atoms with van der Waals surface area (Å²) in [5.41, 5.74) is 0.329. The van der Waals surface area contributed by atoms with Crippen molar-refractivity contribution in [2.45, 2.75) is 31.3 Å². The van der Waals surface area contributed by atoms with Gasteiger partial charge in [0.05, 0.1) is 0 Å². The molecule has 2 heterocycles. The van der Waals surface area contributed by atoms with Gasteiger partial charge >= 0.3 is 6.36 Å². The van der Waals surface area contributed by atoms with E-state index < -0.39 is 18.0 Å². The van der Waals surface area contributed by atoms with Crippen LogP contribution in [0.1, 0.15) is 23.3 Å². The number of H-pyrrole nitrogens is 1. The highest BCUT2D eigenvalue weighted by molar-refractivity contribution is 6.04. The smallest absolute Gasteiger partial charge is 0.397 e. The van der Waals surface area contributed by atoms with Gasteiger partial charge in [-0.2, -0.15) is 5.10 Å². The lowest BCUT2D eigenvalue weighted by molar-refractivity contribution is -0.274. The van der Waals surface area contributed by atoms with Crippen molar-refractivity contribution >= 4 is 16.8 Å². The second-order valence-corrected chi connectivity index (χ2v) is 6.57. The first kappa shape index (κ1) is 16.0. The Hall–Kier alpha value is -2.47.